The van der Waals surface area contributed by atoms with Crippen molar-refractivity contribution < 1.29 is 13.2 Å². The minimum Gasteiger partial charge on any atom is -0.350 e. The van der Waals surface area contributed by atoms with Crippen LogP contribution in [0.2, 0.25) is 0 Å². The van der Waals surface area contributed by atoms with Crippen LogP contribution < -0.4 is 5.32 Å². The summed E-state index contributed by atoms with van der Waals surface area (Å²) in [5.41, 5.74) is 0.371. The number of amides is 1. The van der Waals surface area contributed by atoms with E-state index in [0.717, 1.165) is 25.7 Å². The molecule has 25 heavy (non-hydrogen) atoms. The predicted octanol–water partition coefficient (Wildman–Crippen LogP) is 3.00. The fraction of sp³-hybridized carbons (Fsp3) is 0.722. The molecule has 1 amide bonds. The van der Waals surface area contributed by atoms with Gasteiger partial charge in [0.05, 0.1) is 0 Å². The van der Waals surface area contributed by atoms with Gasteiger partial charge in [-0.25, -0.2) is 8.42 Å². The van der Waals surface area contributed by atoms with Crippen molar-refractivity contribution in [3.8, 4) is 0 Å². The molecule has 1 heterocycles. The Morgan fingerprint density at radius 1 is 1.24 bits per heavy atom. The quantitative estimate of drug-likeness (QED) is 0.650. The maximum Gasteiger partial charge on any atom is 0.267 e. The van der Waals surface area contributed by atoms with Gasteiger partial charge in [-0.15, -0.1) is 0 Å². The van der Waals surface area contributed by atoms with Crippen LogP contribution in [-0.4, -0.2) is 42.8 Å². The molecule has 1 aromatic heterocycles. The molecule has 0 spiro atoms. The summed E-state index contributed by atoms with van der Waals surface area (Å²) in [5, 5.41) is 2.95. The summed E-state index contributed by atoms with van der Waals surface area (Å²) in [6.45, 7) is 9.34. The van der Waals surface area contributed by atoms with Crippen LogP contribution in [0.15, 0.2) is 17.2 Å². The smallest absolute Gasteiger partial charge is 0.267 e. The van der Waals surface area contributed by atoms with Gasteiger partial charge in [0.25, 0.3) is 5.91 Å². The molecule has 0 saturated heterocycles. The van der Waals surface area contributed by atoms with Crippen molar-refractivity contribution in [2.24, 2.45) is 13.0 Å². The molecular weight excluding hydrogens is 338 g/mol. The molecule has 0 saturated carbocycles. The second-order valence-electron chi connectivity index (χ2n) is 6.39. The van der Waals surface area contributed by atoms with Crippen LogP contribution in [0.25, 0.3) is 0 Å². The van der Waals surface area contributed by atoms with Crippen LogP contribution in [0, 0.1) is 5.92 Å². The molecule has 7 heteroatoms. The molecule has 0 aliphatic carbocycles. The second kappa shape index (κ2) is 9.97. The first-order chi connectivity index (χ1) is 11.8. The fourth-order valence-electron chi connectivity index (χ4n) is 2.88. The summed E-state index contributed by atoms with van der Waals surface area (Å²) in [7, 11) is -1.85. The van der Waals surface area contributed by atoms with Crippen molar-refractivity contribution in [2.45, 2.75) is 58.3 Å². The Morgan fingerprint density at radius 2 is 1.88 bits per heavy atom. The number of carbonyl (C=O) groups is 1. The van der Waals surface area contributed by atoms with Gasteiger partial charge in [0, 0.05) is 32.9 Å². The van der Waals surface area contributed by atoms with E-state index < -0.39 is 10.0 Å². The summed E-state index contributed by atoms with van der Waals surface area (Å²) < 4.78 is 28.2. The number of hydrogen-bond donors (Lipinski definition) is 1. The maximum absolute atomic E-state index is 12.6. The lowest BCUT2D eigenvalue weighted by Crippen LogP contribution is -2.31. The first-order valence-electron chi connectivity index (χ1n) is 9.26. The number of aryl methyl sites for hydroxylation is 1. The minimum absolute atomic E-state index is 0.168. The van der Waals surface area contributed by atoms with Crippen LogP contribution in [0.4, 0.5) is 0 Å². The molecule has 1 N–H and O–H groups in total. The van der Waals surface area contributed by atoms with Crippen molar-refractivity contribution in [1.82, 2.24) is 14.2 Å². The highest BCUT2D eigenvalue weighted by Gasteiger charge is 2.25. The molecule has 0 fully saturated rings. The van der Waals surface area contributed by atoms with Crippen molar-refractivity contribution >= 4 is 15.9 Å². The first kappa shape index (κ1) is 21.7. The standard InChI is InChI=1S/C18H33N3O3S/c1-6-10-11-15(7-2)13-19-18(22)17-12-16(14-20(17)5)25(23,24)21(8-3)9-4/h12,14-15H,6-11,13H2,1-5H3,(H,19,22). The number of nitrogens with one attached hydrogen (secondary N) is 1. The fourth-order valence-corrected chi connectivity index (χ4v) is 4.41. The van der Waals surface area contributed by atoms with E-state index >= 15 is 0 Å². The van der Waals surface area contributed by atoms with Crippen LogP contribution >= 0.6 is 0 Å². The van der Waals surface area contributed by atoms with Crippen LogP contribution in [0.3, 0.4) is 0 Å². The number of aromatic nitrogens is 1. The first-order valence-corrected chi connectivity index (χ1v) is 10.7. The number of carbonyl (C=O) groups excluding carboxylic acids is 1. The number of sulfonamides is 1. The van der Waals surface area contributed by atoms with E-state index in [-0.39, 0.29) is 10.8 Å². The zero-order chi connectivity index (χ0) is 19.0. The van der Waals surface area contributed by atoms with Crippen molar-refractivity contribution in [2.75, 3.05) is 19.6 Å². The molecule has 1 atom stereocenters. The van der Waals surface area contributed by atoms with E-state index in [1.54, 1.807) is 25.5 Å². The third-order valence-electron chi connectivity index (χ3n) is 4.65. The lowest BCUT2D eigenvalue weighted by Gasteiger charge is -2.17. The Bertz CT molecular complexity index is 649. The molecule has 0 radical (unpaired) electrons. The van der Waals surface area contributed by atoms with E-state index in [1.165, 1.54) is 16.6 Å². The largest absolute Gasteiger partial charge is 0.350 e. The Balaban J connectivity index is 2.86. The van der Waals surface area contributed by atoms with Crippen LogP contribution in [-0.2, 0) is 17.1 Å². The Hall–Kier alpha value is -1.34. The van der Waals surface area contributed by atoms with Crippen LogP contribution in [0.5, 0.6) is 0 Å². The zero-order valence-corrected chi connectivity index (χ0v) is 17.0. The SMILES string of the molecule is CCCCC(CC)CNC(=O)c1cc(S(=O)(=O)N(CC)CC)cn1C. The highest BCUT2D eigenvalue weighted by Crippen LogP contribution is 2.19. The second-order valence-corrected chi connectivity index (χ2v) is 8.33. The van der Waals surface area contributed by atoms with E-state index in [4.69, 9.17) is 0 Å². The van der Waals surface area contributed by atoms with Gasteiger partial charge in [-0.3, -0.25) is 4.79 Å². The molecule has 0 aliphatic heterocycles. The Labute approximate surface area is 152 Å². The van der Waals surface area contributed by atoms with E-state index in [9.17, 15) is 13.2 Å². The summed E-state index contributed by atoms with van der Waals surface area (Å²) in [6, 6.07) is 1.47. The molecule has 0 aromatic carbocycles. The van der Waals surface area contributed by atoms with Gasteiger partial charge in [-0.2, -0.15) is 4.31 Å². The number of hydrogen-bond acceptors (Lipinski definition) is 3. The molecule has 144 valence electrons. The molecule has 0 bridgehead atoms. The minimum atomic E-state index is -3.55. The predicted molar refractivity (Wildman–Crippen MR) is 101 cm³/mol. The highest BCUT2D eigenvalue weighted by molar-refractivity contribution is 7.89. The lowest BCUT2D eigenvalue weighted by atomic mass is 9.99. The third kappa shape index (κ3) is 5.57. The van der Waals surface area contributed by atoms with Crippen molar-refractivity contribution in [3.05, 3.63) is 18.0 Å². The third-order valence-corrected chi connectivity index (χ3v) is 6.67. The van der Waals surface area contributed by atoms with Crippen LogP contribution in [0.1, 0.15) is 63.9 Å². The highest BCUT2D eigenvalue weighted by atomic mass is 32.2. The Morgan fingerprint density at radius 3 is 2.40 bits per heavy atom. The Kier molecular flexibility index (Phi) is 8.65. The van der Waals surface area contributed by atoms with Gasteiger partial charge >= 0.3 is 0 Å². The van der Waals surface area contributed by atoms with Gasteiger partial charge in [-0.1, -0.05) is 47.0 Å². The summed E-state index contributed by atoms with van der Waals surface area (Å²) in [6.07, 6.45) is 5.94. The monoisotopic (exact) mass is 371 g/mol. The summed E-state index contributed by atoms with van der Waals surface area (Å²) >= 11 is 0. The maximum atomic E-state index is 12.6. The average molecular weight is 372 g/mol. The number of unbranched alkanes of at least 4 members (excludes halogenated alkanes) is 1. The van der Waals surface area contributed by atoms with Gasteiger partial charge < -0.3 is 9.88 Å². The topological polar surface area (TPSA) is 71.4 Å². The lowest BCUT2D eigenvalue weighted by molar-refractivity contribution is 0.0937. The van der Waals surface area contributed by atoms with Gasteiger partial charge in [-0.05, 0) is 18.4 Å². The molecule has 0 aliphatic rings. The van der Waals surface area contributed by atoms with Crippen molar-refractivity contribution in [1.29, 1.82) is 0 Å². The average Bonchev–Trinajstić information content (AvgIpc) is 2.98. The molecule has 1 unspecified atom stereocenters. The van der Waals surface area contributed by atoms with Gasteiger partial charge in [0.1, 0.15) is 10.6 Å². The van der Waals surface area contributed by atoms with E-state index in [2.05, 4.69) is 19.2 Å². The molecule has 6 nitrogen and oxygen atoms in total. The van der Waals surface area contributed by atoms with Gasteiger partial charge in [0.15, 0.2) is 0 Å². The molecular formula is C18H33N3O3S. The normalized spacial score (nSPS) is 13.2. The van der Waals surface area contributed by atoms with E-state index in [1.807, 2.05) is 0 Å². The van der Waals surface area contributed by atoms with E-state index in [0.29, 0.717) is 31.2 Å². The number of rotatable bonds is 11. The molecule has 1 aromatic rings. The van der Waals surface area contributed by atoms with Gasteiger partial charge in [0.2, 0.25) is 10.0 Å². The number of nitrogens with zero attached hydrogens (tertiary/aromatic N) is 2. The summed E-state index contributed by atoms with van der Waals surface area (Å²) in [5.74, 6) is 0.237. The summed E-state index contributed by atoms with van der Waals surface area (Å²) in [4.78, 5) is 12.6. The molecule has 1 rings (SSSR count). The zero-order valence-electron chi connectivity index (χ0n) is 16.2. The van der Waals surface area contributed by atoms with Crippen molar-refractivity contribution in [3.63, 3.8) is 0 Å².